The molecule has 0 saturated heterocycles. The van der Waals surface area contributed by atoms with Crippen LogP contribution in [0.3, 0.4) is 0 Å². The quantitative estimate of drug-likeness (QED) is 0.854. The summed E-state index contributed by atoms with van der Waals surface area (Å²) in [7, 11) is 0. The number of hydrogen-bond acceptors (Lipinski definition) is 2. The number of rotatable bonds is 5. The fraction of sp³-hybridized carbons (Fsp3) is 0.294. The summed E-state index contributed by atoms with van der Waals surface area (Å²) in [5.41, 5.74) is 1.62. The van der Waals surface area contributed by atoms with Crippen molar-refractivity contribution in [2.24, 2.45) is 0 Å². The van der Waals surface area contributed by atoms with E-state index in [1.54, 1.807) is 0 Å². The molecule has 2 N–H and O–H groups in total. The van der Waals surface area contributed by atoms with E-state index in [9.17, 15) is 9.50 Å². The predicted octanol–water partition coefficient (Wildman–Crippen LogP) is 4.47. The van der Waals surface area contributed by atoms with Crippen LogP contribution in [0.4, 0.5) is 4.39 Å². The molecule has 4 heteroatoms. The molecular weight excluding hydrogens is 289 g/mol. The van der Waals surface area contributed by atoms with E-state index in [-0.39, 0.29) is 23.7 Å². The van der Waals surface area contributed by atoms with Crippen molar-refractivity contribution in [2.45, 2.75) is 32.4 Å². The van der Waals surface area contributed by atoms with Gasteiger partial charge in [0.25, 0.3) is 0 Å². The van der Waals surface area contributed by atoms with Crippen LogP contribution in [0.15, 0.2) is 42.5 Å². The summed E-state index contributed by atoms with van der Waals surface area (Å²) in [4.78, 5) is 0. The molecule has 0 aliphatic heterocycles. The second-order valence-electron chi connectivity index (χ2n) is 5.29. The first kappa shape index (κ1) is 15.8. The molecule has 0 fully saturated rings. The minimum atomic E-state index is -0.352. The third-order valence-corrected chi connectivity index (χ3v) is 3.84. The molecule has 0 aliphatic rings. The largest absolute Gasteiger partial charge is 0.508 e. The molecule has 0 aliphatic carbocycles. The van der Waals surface area contributed by atoms with Crippen molar-refractivity contribution in [3.8, 4) is 5.75 Å². The van der Waals surface area contributed by atoms with Gasteiger partial charge in [0.1, 0.15) is 11.6 Å². The van der Waals surface area contributed by atoms with E-state index in [0.29, 0.717) is 5.56 Å². The van der Waals surface area contributed by atoms with Crippen LogP contribution in [0.2, 0.25) is 5.02 Å². The highest BCUT2D eigenvalue weighted by Crippen LogP contribution is 2.25. The Kier molecular flexibility index (Phi) is 5.21. The van der Waals surface area contributed by atoms with Gasteiger partial charge in [-0.15, -0.1) is 0 Å². The van der Waals surface area contributed by atoms with E-state index >= 15 is 0 Å². The highest BCUT2D eigenvalue weighted by molar-refractivity contribution is 6.31. The topological polar surface area (TPSA) is 32.3 Å². The van der Waals surface area contributed by atoms with Crippen LogP contribution in [0, 0.1) is 5.82 Å². The molecule has 21 heavy (non-hydrogen) atoms. The van der Waals surface area contributed by atoms with Crippen LogP contribution in [-0.2, 0) is 6.42 Å². The van der Waals surface area contributed by atoms with E-state index in [1.165, 1.54) is 18.2 Å². The maximum absolute atomic E-state index is 13.3. The Hall–Kier alpha value is -1.58. The molecule has 0 radical (unpaired) electrons. The van der Waals surface area contributed by atoms with Crippen LogP contribution < -0.4 is 5.32 Å². The molecular formula is C17H19ClFNO. The maximum Gasteiger partial charge on any atom is 0.123 e. The molecule has 0 saturated carbocycles. The maximum atomic E-state index is 13.3. The average molecular weight is 308 g/mol. The molecule has 2 aromatic carbocycles. The molecule has 0 aromatic heterocycles. The van der Waals surface area contributed by atoms with Crippen molar-refractivity contribution >= 4 is 11.6 Å². The number of nitrogens with one attached hydrogen (secondary N) is 1. The molecule has 2 atom stereocenters. The Morgan fingerprint density at radius 2 is 1.90 bits per heavy atom. The van der Waals surface area contributed by atoms with E-state index in [4.69, 9.17) is 11.6 Å². The van der Waals surface area contributed by atoms with Gasteiger partial charge in [0.2, 0.25) is 0 Å². The molecule has 2 nitrogen and oxygen atoms in total. The number of phenolic OH excluding ortho intramolecular Hbond substituents is 1. The fourth-order valence-corrected chi connectivity index (χ4v) is 2.65. The predicted molar refractivity (Wildman–Crippen MR) is 84.2 cm³/mol. The standard InChI is InChI=1S/C17H19ClFNO/c1-11(9-13-5-3-4-6-16(13)18)20-12(2)15-10-14(19)7-8-17(15)21/h3-8,10-12,20-21H,9H2,1-2H3. The average Bonchev–Trinajstić information content (AvgIpc) is 2.44. The lowest BCUT2D eigenvalue weighted by Crippen LogP contribution is -2.30. The molecule has 0 spiro atoms. The Bertz CT molecular complexity index is 617. The molecule has 0 bridgehead atoms. The number of phenols is 1. The fourth-order valence-electron chi connectivity index (χ4n) is 2.44. The molecule has 2 rings (SSSR count). The van der Waals surface area contributed by atoms with Gasteiger partial charge < -0.3 is 10.4 Å². The van der Waals surface area contributed by atoms with Crippen molar-refractivity contribution in [3.63, 3.8) is 0 Å². The van der Waals surface area contributed by atoms with Crippen molar-refractivity contribution in [2.75, 3.05) is 0 Å². The van der Waals surface area contributed by atoms with Crippen molar-refractivity contribution in [3.05, 3.63) is 64.4 Å². The highest BCUT2D eigenvalue weighted by atomic mass is 35.5. The van der Waals surface area contributed by atoms with Crippen LogP contribution in [0.25, 0.3) is 0 Å². The summed E-state index contributed by atoms with van der Waals surface area (Å²) in [6, 6.07) is 11.7. The van der Waals surface area contributed by atoms with Crippen molar-refractivity contribution in [1.29, 1.82) is 0 Å². The first-order chi connectivity index (χ1) is 9.97. The lowest BCUT2D eigenvalue weighted by Gasteiger charge is -2.21. The highest BCUT2D eigenvalue weighted by Gasteiger charge is 2.15. The third kappa shape index (κ3) is 4.19. The SMILES string of the molecule is CC(Cc1ccccc1Cl)NC(C)c1cc(F)ccc1O. The lowest BCUT2D eigenvalue weighted by molar-refractivity contribution is 0.430. The summed E-state index contributed by atoms with van der Waals surface area (Å²) in [6.45, 7) is 3.94. The van der Waals surface area contributed by atoms with Crippen LogP contribution in [-0.4, -0.2) is 11.1 Å². The van der Waals surface area contributed by atoms with Crippen LogP contribution in [0.5, 0.6) is 5.75 Å². The van der Waals surface area contributed by atoms with Crippen LogP contribution in [0.1, 0.15) is 31.0 Å². The minimum Gasteiger partial charge on any atom is -0.508 e. The van der Waals surface area contributed by atoms with E-state index in [0.717, 1.165) is 17.0 Å². The Labute approximate surface area is 129 Å². The first-order valence-electron chi connectivity index (χ1n) is 6.95. The number of benzene rings is 2. The lowest BCUT2D eigenvalue weighted by atomic mass is 10.0. The van der Waals surface area contributed by atoms with Crippen molar-refractivity contribution < 1.29 is 9.50 Å². The normalized spacial score (nSPS) is 13.9. The van der Waals surface area contributed by atoms with Gasteiger partial charge in [0.05, 0.1) is 0 Å². The van der Waals surface area contributed by atoms with Gasteiger partial charge in [-0.1, -0.05) is 29.8 Å². The number of halogens is 2. The van der Waals surface area contributed by atoms with Crippen molar-refractivity contribution in [1.82, 2.24) is 5.32 Å². The Balaban J connectivity index is 2.04. The molecule has 2 aromatic rings. The number of aromatic hydroxyl groups is 1. The third-order valence-electron chi connectivity index (χ3n) is 3.47. The zero-order valence-electron chi connectivity index (χ0n) is 12.1. The summed E-state index contributed by atoms with van der Waals surface area (Å²) in [6.07, 6.45) is 0.764. The zero-order valence-corrected chi connectivity index (χ0v) is 12.9. The monoisotopic (exact) mass is 307 g/mol. The number of hydrogen-bond donors (Lipinski definition) is 2. The Morgan fingerprint density at radius 1 is 1.19 bits per heavy atom. The second kappa shape index (κ2) is 6.92. The molecule has 0 amide bonds. The summed E-state index contributed by atoms with van der Waals surface area (Å²) < 4.78 is 13.3. The van der Waals surface area contributed by atoms with Gasteiger partial charge in [0, 0.05) is 22.7 Å². The first-order valence-corrected chi connectivity index (χ1v) is 7.33. The molecule has 2 unspecified atom stereocenters. The second-order valence-corrected chi connectivity index (χ2v) is 5.70. The summed E-state index contributed by atoms with van der Waals surface area (Å²) in [5, 5.41) is 13.9. The van der Waals surface area contributed by atoms with Crippen LogP contribution >= 0.6 is 11.6 Å². The molecule has 0 heterocycles. The van der Waals surface area contributed by atoms with E-state index in [1.807, 2.05) is 38.1 Å². The summed E-state index contributed by atoms with van der Waals surface area (Å²) in [5.74, 6) is -0.253. The van der Waals surface area contributed by atoms with E-state index < -0.39 is 0 Å². The van der Waals surface area contributed by atoms with Gasteiger partial charge in [-0.3, -0.25) is 0 Å². The zero-order chi connectivity index (χ0) is 15.4. The molecule has 112 valence electrons. The van der Waals surface area contributed by atoms with Gasteiger partial charge in [-0.25, -0.2) is 4.39 Å². The smallest absolute Gasteiger partial charge is 0.123 e. The van der Waals surface area contributed by atoms with Gasteiger partial charge >= 0.3 is 0 Å². The Morgan fingerprint density at radius 3 is 2.62 bits per heavy atom. The van der Waals surface area contributed by atoms with Gasteiger partial charge in [0.15, 0.2) is 0 Å². The van der Waals surface area contributed by atoms with E-state index in [2.05, 4.69) is 5.32 Å². The van der Waals surface area contributed by atoms with Gasteiger partial charge in [-0.05, 0) is 50.1 Å². The summed E-state index contributed by atoms with van der Waals surface area (Å²) >= 11 is 6.15. The van der Waals surface area contributed by atoms with Gasteiger partial charge in [-0.2, -0.15) is 0 Å². The minimum absolute atomic E-state index is 0.0985.